The van der Waals surface area contributed by atoms with Gasteiger partial charge in [-0.2, -0.15) is 5.26 Å². The highest BCUT2D eigenvalue weighted by Gasteiger charge is 2.34. The van der Waals surface area contributed by atoms with Crippen LogP contribution in [0.4, 0.5) is 10.2 Å². The van der Waals surface area contributed by atoms with Crippen molar-refractivity contribution >= 4 is 32.7 Å². The normalized spacial score (nSPS) is 28.9. The van der Waals surface area contributed by atoms with Crippen molar-refractivity contribution in [3.8, 4) is 6.07 Å². The van der Waals surface area contributed by atoms with Gasteiger partial charge in [-0.1, -0.05) is 0 Å². The number of nitriles is 1. The Balaban J connectivity index is 1.36. The summed E-state index contributed by atoms with van der Waals surface area (Å²) >= 11 is 3.59. The van der Waals surface area contributed by atoms with Crippen molar-refractivity contribution in [3.05, 3.63) is 22.5 Å². The fraction of sp³-hybridized carbons (Fsp3) is 0.600. The summed E-state index contributed by atoms with van der Waals surface area (Å²) in [4.78, 5) is 6.85. The Morgan fingerprint density at radius 3 is 2.86 bits per heavy atom. The SMILES string of the molecule is CO[C@H]1CN(C2CCC(Nc3ncc4oc(C#N)cc4c3Br)CC2)CC[C@@H]1F. The molecule has 1 saturated carbocycles. The first-order valence-electron chi connectivity index (χ1n) is 9.74. The lowest BCUT2D eigenvalue weighted by molar-refractivity contribution is -0.0416. The van der Waals surface area contributed by atoms with E-state index in [1.807, 2.05) is 6.07 Å². The molecule has 1 aliphatic carbocycles. The Morgan fingerprint density at radius 1 is 1.36 bits per heavy atom. The monoisotopic (exact) mass is 450 g/mol. The van der Waals surface area contributed by atoms with Crippen molar-refractivity contribution in [2.24, 2.45) is 0 Å². The van der Waals surface area contributed by atoms with Crippen LogP contribution in [0.3, 0.4) is 0 Å². The number of fused-ring (bicyclic) bond motifs is 1. The van der Waals surface area contributed by atoms with Gasteiger partial charge in [-0.3, -0.25) is 4.90 Å². The summed E-state index contributed by atoms with van der Waals surface area (Å²) in [7, 11) is 1.60. The molecule has 6 nitrogen and oxygen atoms in total. The van der Waals surface area contributed by atoms with Crippen LogP contribution in [0.1, 0.15) is 37.9 Å². The van der Waals surface area contributed by atoms with Crippen molar-refractivity contribution < 1.29 is 13.5 Å². The van der Waals surface area contributed by atoms with E-state index < -0.39 is 6.17 Å². The van der Waals surface area contributed by atoms with Crippen LogP contribution in [0.15, 0.2) is 21.2 Å². The highest BCUT2D eigenvalue weighted by molar-refractivity contribution is 9.10. The second-order valence-corrected chi connectivity index (χ2v) is 8.44. The van der Waals surface area contributed by atoms with E-state index in [0.29, 0.717) is 30.6 Å². The third kappa shape index (κ3) is 3.88. The average Bonchev–Trinajstić information content (AvgIpc) is 3.15. The molecule has 1 saturated heterocycles. The van der Waals surface area contributed by atoms with Gasteiger partial charge in [0.05, 0.1) is 10.7 Å². The second kappa shape index (κ2) is 8.36. The number of hydrogen-bond donors (Lipinski definition) is 1. The van der Waals surface area contributed by atoms with Gasteiger partial charge in [0.2, 0.25) is 5.76 Å². The summed E-state index contributed by atoms with van der Waals surface area (Å²) in [5.41, 5.74) is 0.599. The molecule has 4 rings (SSSR count). The minimum atomic E-state index is -0.845. The lowest BCUT2D eigenvalue weighted by Gasteiger charge is -2.42. The van der Waals surface area contributed by atoms with Gasteiger partial charge in [0, 0.05) is 43.7 Å². The fourth-order valence-electron chi connectivity index (χ4n) is 4.38. The lowest BCUT2D eigenvalue weighted by Crippen LogP contribution is -2.51. The number of likely N-dealkylation sites (tertiary alicyclic amines) is 1. The molecule has 0 spiro atoms. The van der Waals surface area contributed by atoms with E-state index in [2.05, 4.69) is 31.1 Å². The molecule has 2 atom stereocenters. The van der Waals surface area contributed by atoms with Gasteiger partial charge in [0.15, 0.2) is 5.58 Å². The van der Waals surface area contributed by atoms with Crippen LogP contribution in [-0.4, -0.2) is 54.4 Å². The minimum Gasteiger partial charge on any atom is -0.444 e. The first kappa shape index (κ1) is 19.6. The first-order chi connectivity index (χ1) is 13.6. The molecule has 1 aliphatic heterocycles. The van der Waals surface area contributed by atoms with E-state index in [1.165, 1.54) is 0 Å². The molecule has 2 aromatic heterocycles. The Labute approximate surface area is 172 Å². The predicted molar refractivity (Wildman–Crippen MR) is 108 cm³/mol. The molecule has 0 amide bonds. The van der Waals surface area contributed by atoms with Crippen LogP contribution in [0.2, 0.25) is 0 Å². The Kier molecular flexibility index (Phi) is 5.85. The number of anilines is 1. The molecule has 2 aromatic rings. The molecule has 0 unspecified atom stereocenters. The number of aromatic nitrogens is 1. The van der Waals surface area contributed by atoms with Gasteiger partial charge >= 0.3 is 0 Å². The molecule has 2 fully saturated rings. The number of halogens is 2. The molecule has 28 heavy (non-hydrogen) atoms. The number of methoxy groups -OCH3 is 1. The van der Waals surface area contributed by atoms with Crippen molar-refractivity contribution in [2.75, 3.05) is 25.5 Å². The van der Waals surface area contributed by atoms with Crippen molar-refractivity contribution in [1.82, 2.24) is 9.88 Å². The summed E-state index contributed by atoms with van der Waals surface area (Å²) in [6, 6.07) is 4.58. The van der Waals surface area contributed by atoms with Crippen LogP contribution >= 0.6 is 15.9 Å². The van der Waals surface area contributed by atoms with Crippen molar-refractivity contribution in [1.29, 1.82) is 5.26 Å². The maximum absolute atomic E-state index is 13.9. The van der Waals surface area contributed by atoms with E-state index in [-0.39, 0.29) is 11.9 Å². The summed E-state index contributed by atoms with van der Waals surface area (Å²) < 4.78 is 25.4. The number of nitrogens with one attached hydrogen (secondary N) is 1. The average molecular weight is 451 g/mol. The Bertz CT molecular complexity index is 875. The molecule has 0 aromatic carbocycles. The van der Waals surface area contributed by atoms with E-state index in [4.69, 9.17) is 14.4 Å². The topological polar surface area (TPSA) is 74.3 Å². The molecule has 0 bridgehead atoms. The van der Waals surface area contributed by atoms with Crippen LogP contribution in [-0.2, 0) is 4.74 Å². The Morgan fingerprint density at radius 2 is 2.14 bits per heavy atom. The summed E-state index contributed by atoms with van der Waals surface area (Å²) in [6.07, 6.45) is 5.30. The fourth-order valence-corrected chi connectivity index (χ4v) is 4.91. The van der Waals surface area contributed by atoms with Crippen LogP contribution in [0, 0.1) is 11.3 Å². The predicted octanol–water partition coefficient (Wildman–Crippen LogP) is 4.24. The smallest absolute Gasteiger partial charge is 0.204 e. The third-order valence-corrected chi connectivity index (χ3v) is 6.80. The third-order valence-electron chi connectivity index (χ3n) is 5.99. The maximum Gasteiger partial charge on any atom is 0.204 e. The highest BCUT2D eigenvalue weighted by Crippen LogP contribution is 2.34. The number of piperidine rings is 1. The molecule has 3 heterocycles. The van der Waals surface area contributed by atoms with Gasteiger partial charge in [-0.25, -0.2) is 9.37 Å². The van der Waals surface area contributed by atoms with Crippen LogP contribution in [0.5, 0.6) is 0 Å². The second-order valence-electron chi connectivity index (χ2n) is 7.64. The number of rotatable bonds is 4. The van der Waals surface area contributed by atoms with Gasteiger partial charge in [0.1, 0.15) is 24.2 Å². The zero-order valence-corrected chi connectivity index (χ0v) is 17.4. The molecule has 1 N–H and O–H groups in total. The molecular weight excluding hydrogens is 427 g/mol. The van der Waals surface area contributed by atoms with Crippen molar-refractivity contribution in [3.63, 3.8) is 0 Å². The highest BCUT2D eigenvalue weighted by atomic mass is 79.9. The first-order valence-corrected chi connectivity index (χ1v) is 10.5. The Hall–Kier alpha value is -1.69. The summed E-state index contributed by atoms with van der Waals surface area (Å²) in [5, 5.41) is 13.4. The number of hydrogen-bond acceptors (Lipinski definition) is 6. The zero-order valence-electron chi connectivity index (χ0n) is 15.8. The molecule has 0 radical (unpaired) electrons. The van der Waals surface area contributed by atoms with E-state index in [9.17, 15) is 4.39 Å². The van der Waals surface area contributed by atoms with Gasteiger partial charge in [0.25, 0.3) is 0 Å². The summed E-state index contributed by atoms with van der Waals surface area (Å²) in [6.45, 7) is 1.50. The minimum absolute atomic E-state index is 0.279. The van der Waals surface area contributed by atoms with Crippen LogP contribution < -0.4 is 5.32 Å². The number of pyridine rings is 1. The van der Waals surface area contributed by atoms with Gasteiger partial charge < -0.3 is 14.5 Å². The molecule has 150 valence electrons. The largest absolute Gasteiger partial charge is 0.444 e. The van der Waals surface area contributed by atoms with Crippen LogP contribution in [0.25, 0.3) is 11.0 Å². The van der Waals surface area contributed by atoms with E-state index >= 15 is 0 Å². The van der Waals surface area contributed by atoms with Crippen molar-refractivity contribution in [2.45, 2.75) is 56.5 Å². The van der Waals surface area contributed by atoms with E-state index in [0.717, 1.165) is 47.9 Å². The van der Waals surface area contributed by atoms with Gasteiger partial charge in [-0.05, 0) is 48.0 Å². The molecule has 2 aliphatic rings. The number of furan rings is 1. The molecule has 8 heteroatoms. The molecular formula is C20H24BrFN4O2. The standard InChI is InChI=1S/C20H24BrFN4O2/c1-27-18-11-26(7-6-16(18)22)13-4-2-12(3-5-13)25-20-19(21)15-8-14(9-23)28-17(15)10-24-20/h8,10,12-13,16,18H,2-7,11H2,1H3,(H,24,25)/t12?,13?,16-,18-/m0/s1. The number of alkyl halides is 1. The van der Waals surface area contributed by atoms with E-state index in [1.54, 1.807) is 19.4 Å². The summed E-state index contributed by atoms with van der Waals surface area (Å²) in [5.74, 6) is 1.06. The maximum atomic E-state index is 13.9. The number of nitrogens with zero attached hydrogens (tertiary/aromatic N) is 3. The number of ether oxygens (including phenoxy) is 1. The zero-order chi connectivity index (χ0) is 19.7. The quantitative estimate of drug-likeness (QED) is 0.750. The lowest BCUT2D eigenvalue weighted by atomic mass is 9.88. The van der Waals surface area contributed by atoms with Gasteiger partial charge in [-0.15, -0.1) is 0 Å².